The van der Waals surface area contributed by atoms with Crippen LogP contribution in [-0.4, -0.2) is 30.0 Å². The van der Waals surface area contributed by atoms with Gasteiger partial charge in [-0.15, -0.1) is 0 Å². The topological polar surface area (TPSA) is 127 Å². The number of nitro benzene ring substituents is 1. The summed E-state index contributed by atoms with van der Waals surface area (Å²) in [7, 11) is -3.68. The lowest BCUT2D eigenvalue weighted by Gasteiger charge is -2.38. The van der Waals surface area contributed by atoms with Crippen LogP contribution in [0.3, 0.4) is 0 Å². The molecule has 0 amide bonds. The number of halogens is 1. The molecule has 1 aromatic rings. The Morgan fingerprint density at radius 3 is 2.62 bits per heavy atom. The molecule has 0 saturated carbocycles. The third-order valence-corrected chi connectivity index (χ3v) is 8.23. The quantitative estimate of drug-likeness (QED) is 0.488. The van der Waals surface area contributed by atoms with Gasteiger partial charge in [-0.2, -0.15) is 0 Å². The first-order valence-electron chi connectivity index (χ1n) is 9.11. The second-order valence-corrected chi connectivity index (χ2v) is 11.2. The van der Waals surface area contributed by atoms with Gasteiger partial charge in [0.1, 0.15) is 0 Å². The Bertz CT molecular complexity index is 1150. The van der Waals surface area contributed by atoms with Gasteiger partial charge < -0.3 is 10.4 Å². The number of dihydropyridines is 1. The van der Waals surface area contributed by atoms with E-state index in [2.05, 4.69) is 21.2 Å². The Morgan fingerprint density at radius 2 is 1.97 bits per heavy atom. The van der Waals surface area contributed by atoms with Crippen LogP contribution in [0.2, 0.25) is 0 Å². The molecule has 3 aliphatic rings. The maximum absolute atomic E-state index is 13.3. The molecule has 29 heavy (non-hydrogen) atoms. The second kappa shape index (κ2) is 6.40. The van der Waals surface area contributed by atoms with Crippen molar-refractivity contribution < 1.29 is 23.2 Å². The van der Waals surface area contributed by atoms with Crippen LogP contribution in [0.1, 0.15) is 44.6 Å². The standard InChI is InChI=1S/C19H19BrN2O6S/c1-19(2)5-3-11-15(18(19)24)14(17-12(21-11)4-6-29(17,27)28)10-7-9(20)8-13(16(10)23)22(25)26/h7-8,14,21,23H,3-6H2,1-2H3. The molecule has 0 aromatic heterocycles. The summed E-state index contributed by atoms with van der Waals surface area (Å²) in [5.74, 6) is -2.01. The fourth-order valence-corrected chi connectivity index (χ4v) is 6.62. The zero-order valence-corrected chi connectivity index (χ0v) is 18.2. The molecule has 0 saturated heterocycles. The molecule has 0 spiro atoms. The number of sulfone groups is 1. The molecule has 4 rings (SSSR count). The number of aromatic hydroxyl groups is 1. The predicted octanol–water partition coefficient (Wildman–Crippen LogP) is 3.42. The summed E-state index contributed by atoms with van der Waals surface area (Å²) in [6, 6.07) is 2.61. The smallest absolute Gasteiger partial charge is 0.312 e. The van der Waals surface area contributed by atoms with Crippen molar-refractivity contribution in [2.24, 2.45) is 5.41 Å². The number of nitro groups is 1. The average Bonchev–Trinajstić information content (AvgIpc) is 2.93. The Balaban J connectivity index is 2.04. The Hall–Kier alpha value is -2.20. The van der Waals surface area contributed by atoms with Crippen molar-refractivity contribution in [2.45, 2.75) is 39.0 Å². The van der Waals surface area contributed by atoms with Crippen molar-refractivity contribution in [2.75, 3.05) is 5.75 Å². The van der Waals surface area contributed by atoms with Crippen molar-refractivity contribution >= 4 is 37.2 Å². The van der Waals surface area contributed by atoms with E-state index in [1.165, 1.54) is 6.07 Å². The third kappa shape index (κ3) is 3.00. The minimum absolute atomic E-state index is 0.0324. The largest absolute Gasteiger partial charge is 0.502 e. The van der Waals surface area contributed by atoms with Gasteiger partial charge in [0.15, 0.2) is 21.4 Å². The zero-order chi connectivity index (χ0) is 21.3. The summed E-state index contributed by atoms with van der Waals surface area (Å²) in [4.78, 5) is 24.1. The van der Waals surface area contributed by atoms with Crippen molar-refractivity contribution in [3.05, 3.63) is 54.2 Å². The lowest BCUT2D eigenvalue weighted by Crippen LogP contribution is -2.39. The van der Waals surface area contributed by atoms with Crippen molar-refractivity contribution in [3.8, 4) is 5.75 Å². The minimum Gasteiger partial charge on any atom is -0.502 e. The maximum atomic E-state index is 13.3. The molecule has 154 valence electrons. The summed E-state index contributed by atoms with van der Waals surface area (Å²) in [6.45, 7) is 3.60. The molecule has 8 nitrogen and oxygen atoms in total. The number of carbonyl (C=O) groups is 1. The van der Waals surface area contributed by atoms with E-state index in [4.69, 9.17) is 0 Å². The van der Waals surface area contributed by atoms with Crippen LogP contribution in [0, 0.1) is 15.5 Å². The van der Waals surface area contributed by atoms with E-state index in [1.807, 2.05) is 0 Å². The summed E-state index contributed by atoms with van der Waals surface area (Å²) < 4.78 is 26.1. The second-order valence-electron chi connectivity index (χ2n) is 8.19. The lowest BCUT2D eigenvalue weighted by molar-refractivity contribution is -0.386. The molecule has 1 aromatic carbocycles. The molecule has 0 radical (unpaired) electrons. The van der Waals surface area contributed by atoms with Gasteiger partial charge in [-0.05, 0) is 18.9 Å². The molecule has 10 heteroatoms. The minimum atomic E-state index is -3.68. The molecular weight excluding hydrogens is 464 g/mol. The molecule has 1 atom stereocenters. The van der Waals surface area contributed by atoms with Gasteiger partial charge in [0.25, 0.3) is 0 Å². The number of Topliss-reactive ketones (excluding diaryl/α,β-unsaturated/α-hetero) is 1. The highest BCUT2D eigenvalue weighted by molar-refractivity contribution is 9.10. The number of phenolic OH excluding ortho intramolecular Hbond substituents is 1. The van der Waals surface area contributed by atoms with E-state index in [0.29, 0.717) is 28.7 Å². The van der Waals surface area contributed by atoms with Crippen LogP contribution in [-0.2, 0) is 14.6 Å². The molecule has 0 fully saturated rings. The summed E-state index contributed by atoms with van der Waals surface area (Å²) in [5.41, 5.74) is 0.208. The van der Waals surface area contributed by atoms with Crippen LogP contribution in [0.15, 0.2) is 38.5 Å². The number of allylic oxidation sites excluding steroid dienone is 4. The highest BCUT2D eigenvalue weighted by Crippen LogP contribution is 2.53. The number of nitrogens with zero attached hydrogens (tertiary/aromatic N) is 1. The van der Waals surface area contributed by atoms with Gasteiger partial charge in [0, 0.05) is 44.9 Å². The molecule has 2 aliphatic heterocycles. The molecule has 1 aliphatic carbocycles. The molecule has 0 bridgehead atoms. The van der Waals surface area contributed by atoms with Gasteiger partial charge >= 0.3 is 5.69 Å². The monoisotopic (exact) mass is 482 g/mol. The number of hydrogen-bond donors (Lipinski definition) is 2. The van der Waals surface area contributed by atoms with Crippen LogP contribution in [0.5, 0.6) is 5.75 Å². The Labute approximate surface area is 175 Å². The molecule has 2 heterocycles. The highest BCUT2D eigenvalue weighted by Gasteiger charge is 2.49. The van der Waals surface area contributed by atoms with Crippen LogP contribution >= 0.6 is 15.9 Å². The van der Waals surface area contributed by atoms with Gasteiger partial charge in [-0.1, -0.05) is 29.8 Å². The SMILES string of the molecule is CC1(C)CCC2=C(C1=O)C(c1cc(Br)cc([N+](=O)[O-])c1O)C1=C(CCS1(=O)=O)N2. The average molecular weight is 483 g/mol. The number of benzene rings is 1. The highest BCUT2D eigenvalue weighted by atomic mass is 79.9. The van der Waals surface area contributed by atoms with Crippen LogP contribution in [0.4, 0.5) is 5.69 Å². The zero-order valence-electron chi connectivity index (χ0n) is 15.8. The van der Waals surface area contributed by atoms with Gasteiger partial charge in [0.05, 0.1) is 21.5 Å². The van der Waals surface area contributed by atoms with Crippen LogP contribution in [0.25, 0.3) is 0 Å². The summed E-state index contributed by atoms with van der Waals surface area (Å²) >= 11 is 3.21. The van der Waals surface area contributed by atoms with Crippen LogP contribution < -0.4 is 5.32 Å². The number of carbonyl (C=O) groups excluding carboxylic acids is 1. The fourth-order valence-electron chi connectivity index (χ4n) is 4.33. The third-order valence-electron chi connectivity index (χ3n) is 5.88. The lowest BCUT2D eigenvalue weighted by atomic mass is 9.69. The first-order valence-corrected chi connectivity index (χ1v) is 11.6. The summed E-state index contributed by atoms with van der Waals surface area (Å²) in [5, 5.41) is 25.3. The van der Waals surface area contributed by atoms with E-state index in [9.17, 15) is 28.4 Å². The first kappa shape index (κ1) is 20.1. The van der Waals surface area contributed by atoms with Crippen molar-refractivity contribution in [3.63, 3.8) is 0 Å². The Morgan fingerprint density at radius 1 is 1.28 bits per heavy atom. The normalized spacial score (nSPS) is 24.8. The number of ketones is 1. The number of rotatable bonds is 2. The number of nitrogens with one attached hydrogen (secondary N) is 1. The Kier molecular flexibility index (Phi) is 4.43. The van der Waals surface area contributed by atoms with Gasteiger partial charge in [0.2, 0.25) is 0 Å². The van der Waals surface area contributed by atoms with Crippen molar-refractivity contribution in [1.82, 2.24) is 5.32 Å². The number of phenols is 1. The fraction of sp³-hybridized carbons (Fsp3) is 0.421. The van der Waals surface area contributed by atoms with Gasteiger partial charge in [-0.25, -0.2) is 8.42 Å². The first-order chi connectivity index (χ1) is 13.4. The van der Waals surface area contributed by atoms with E-state index in [0.717, 1.165) is 6.07 Å². The van der Waals surface area contributed by atoms with E-state index < -0.39 is 37.5 Å². The number of hydrogen-bond acceptors (Lipinski definition) is 7. The van der Waals surface area contributed by atoms with E-state index in [-0.39, 0.29) is 34.0 Å². The molecule has 2 N–H and O–H groups in total. The van der Waals surface area contributed by atoms with Gasteiger partial charge in [-0.3, -0.25) is 14.9 Å². The molecule has 1 unspecified atom stereocenters. The summed E-state index contributed by atoms with van der Waals surface area (Å²) in [6.07, 6.45) is 1.43. The van der Waals surface area contributed by atoms with E-state index in [1.54, 1.807) is 13.8 Å². The maximum Gasteiger partial charge on any atom is 0.312 e. The van der Waals surface area contributed by atoms with Crippen molar-refractivity contribution in [1.29, 1.82) is 0 Å². The molecular formula is C19H19BrN2O6S. The van der Waals surface area contributed by atoms with E-state index >= 15 is 0 Å². The predicted molar refractivity (Wildman–Crippen MR) is 109 cm³/mol.